The molecule has 1 aromatic heterocycles. The minimum Gasteiger partial charge on any atom is -0.481 e. The van der Waals surface area contributed by atoms with Crippen LogP contribution in [0.3, 0.4) is 0 Å². The van der Waals surface area contributed by atoms with Gasteiger partial charge in [0.1, 0.15) is 17.3 Å². The van der Waals surface area contributed by atoms with Gasteiger partial charge in [0, 0.05) is 22.6 Å². The summed E-state index contributed by atoms with van der Waals surface area (Å²) < 4.78 is 31.7. The van der Waals surface area contributed by atoms with Crippen molar-refractivity contribution in [2.75, 3.05) is 11.9 Å². The smallest absolute Gasteiger partial charge is 0.225 e. The number of sulfone groups is 1. The Hall–Kier alpha value is -3.08. The molecule has 0 unspecified atom stereocenters. The summed E-state index contributed by atoms with van der Waals surface area (Å²) in [6, 6.07) is 15.6. The van der Waals surface area contributed by atoms with Crippen LogP contribution in [0, 0.1) is 12.3 Å². The number of rotatable bonds is 5. The molecule has 1 amide bonds. The number of terminal acetylenes is 1. The van der Waals surface area contributed by atoms with E-state index >= 15 is 0 Å². The largest absolute Gasteiger partial charge is 0.481 e. The van der Waals surface area contributed by atoms with Crippen molar-refractivity contribution in [1.82, 2.24) is 0 Å². The third kappa shape index (κ3) is 3.65. The van der Waals surface area contributed by atoms with Gasteiger partial charge < -0.3 is 10.1 Å². The molecular formula is C22H17NO4S2. The summed E-state index contributed by atoms with van der Waals surface area (Å²) in [4.78, 5) is 13.6. The Bertz CT molecular complexity index is 1210. The molecule has 1 aliphatic heterocycles. The van der Waals surface area contributed by atoms with E-state index in [1.807, 2.05) is 18.2 Å². The van der Waals surface area contributed by atoms with Gasteiger partial charge in [-0.15, -0.1) is 17.8 Å². The van der Waals surface area contributed by atoms with Crippen LogP contribution in [-0.2, 0) is 14.6 Å². The third-order valence-electron chi connectivity index (χ3n) is 4.68. The predicted molar refractivity (Wildman–Crippen MR) is 112 cm³/mol. The number of benzene rings is 2. The van der Waals surface area contributed by atoms with E-state index in [2.05, 4.69) is 11.2 Å². The number of amides is 1. The lowest BCUT2D eigenvalue weighted by Gasteiger charge is -2.24. The molecule has 0 bridgehead atoms. The average molecular weight is 424 g/mol. The molecule has 5 nitrogen and oxygen atoms in total. The Morgan fingerprint density at radius 2 is 1.97 bits per heavy atom. The number of nitrogens with one attached hydrogen (secondary N) is 1. The zero-order valence-corrected chi connectivity index (χ0v) is 16.9. The molecule has 1 atom stereocenters. The number of ether oxygens (including phenoxy) is 1. The van der Waals surface area contributed by atoms with Gasteiger partial charge in [-0.05, 0) is 29.8 Å². The molecule has 2 aromatic carbocycles. The maximum absolute atomic E-state index is 13.1. The van der Waals surface area contributed by atoms with Crippen LogP contribution >= 0.6 is 11.3 Å². The number of carbonyl (C=O) groups is 1. The van der Waals surface area contributed by atoms with Gasteiger partial charge in [-0.2, -0.15) is 0 Å². The first-order chi connectivity index (χ1) is 14.0. The molecule has 0 aliphatic carbocycles. The average Bonchev–Trinajstić information content (AvgIpc) is 3.17. The fraction of sp³-hybridized carbons (Fsp3) is 0.136. The Labute approximate surface area is 173 Å². The molecule has 0 fully saturated rings. The van der Waals surface area contributed by atoms with Gasteiger partial charge in [0.25, 0.3) is 0 Å². The van der Waals surface area contributed by atoms with Gasteiger partial charge in [-0.25, -0.2) is 8.42 Å². The number of hydrogen-bond donors (Lipinski definition) is 1. The van der Waals surface area contributed by atoms with E-state index < -0.39 is 9.84 Å². The SMILES string of the molecule is C#CCOc1cccc([C@H]2CC(=O)Nc3c(S(=O)(=O)c4ccccc4)csc32)c1. The molecule has 3 aromatic rings. The topological polar surface area (TPSA) is 72.5 Å². The van der Waals surface area contributed by atoms with Crippen LogP contribution in [0.4, 0.5) is 5.69 Å². The predicted octanol–water partition coefficient (Wildman–Crippen LogP) is 4.07. The molecule has 0 spiro atoms. The van der Waals surface area contributed by atoms with Crippen molar-refractivity contribution in [1.29, 1.82) is 0 Å². The van der Waals surface area contributed by atoms with Gasteiger partial charge in [-0.1, -0.05) is 36.3 Å². The summed E-state index contributed by atoms with van der Waals surface area (Å²) in [6.45, 7) is 0.151. The highest BCUT2D eigenvalue weighted by Crippen LogP contribution is 2.46. The highest BCUT2D eigenvalue weighted by molar-refractivity contribution is 7.91. The number of thiophene rings is 1. The van der Waals surface area contributed by atoms with Gasteiger partial charge in [0.15, 0.2) is 0 Å². The molecule has 0 radical (unpaired) electrons. The molecular weight excluding hydrogens is 406 g/mol. The Morgan fingerprint density at radius 3 is 2.72 bits per heavy atom. The van der Waals surface area contributed by atoms with Gasteiger partial charge in [0.05, 0.1) is 10.6 Å². The summed E-state index contributed by atoms with van der Waals surface area (Å²) in [5, 5.41) is 4.37. The zero-order chi connectivity index (χ0) is 20.4. The summed E-state index contributed by atoms with van der Waals surface area (Å²) in [5.74, 6) is 2.56. The van der Waals surface area contributed by atoms with Crippen molar-refractivity contribution >= 4 is 32.8 Å². The van der Waals surface area contributed by atoms with E-state index in [1.165, 1.54) is 11.3 Å². The first-order valence-electron chi connectivity index (χ1n) is 8.88. The second kappa shape index (κ2) is 7.74. The van der Waals surface area contributed by atoms with Gasteiger partial charge in [0.2, 0.25) is 15.7 Å². The van der Waals surface area contributed by atoms with Crippen LogP contribution in [0.25, 0.3) is 0 Å². The molecule has 29 heavy (non-hydrogen) atoms. The second-order valence-electron chi connectivity index (χ2n) is 6.53. The Balaban J connectivity index is 1.77. The third-order valence-corrected chi connectivity index (χ3v) is 7.72. The first-order valence-corrected chi connectivity index (χ1v) is 11.2. The van der Waals surface area contributed by atoms with E-state index in [1.54, 1.807) is 41.8 Å². The number of anilines is 1. The lowest BCUT2D eigenvalue weighted by molar-refractivity contribution is -0.116. The van der Waals surface area contributed by atoms with Crippen molar-refractivity contribution in [2.45, 2.75) is 22.1 Å². The number of fused-ring (bicyclic) bond motifs is 1. The molecule has 7 heteroatoms. The molecule has 2 heterocycles. The molecule has 146 valence electrons. The monoisotopic (exact) mass is 423 g/mol. The van der Waals surface area contributed by atoms with Crippen LogP contribution in [0.1, 0.15) is 22.8 Å². The standard InChI is InChI=1S/C22H17NO4S2/c1-2-11-27-16-8-6-7-15(12-16)18-13-20(24)23-21-19(14-28-22(18)21)29(25,26)17-9-4-3-5-10-17/h1,3-10,12,14,18H,11,13H2,(H,23,24)/t18-/m1/s1. The van der Waals surface area contributed by atoms with E-state index in [9.17, 15) is 13.2 Å². The molecule has 1 N–H and O–H groups in total. The second-order valence-corrected chi connectivity index (χ2v) is 9.36. The van der Waals surface area contributed by atoms with Crippen LogP contribution in [0.15, 0.2) is 69.8 Å². The molecule has 0 saturated heterocycles. The lowest BCUT2D eigenvalue weighted by Crippen LogP contribution is -2.23. The molecule has 0 saturated carbocycles. The van der Waals surface area contributed by atoms with E-state index in [0.717, 1.165) is 10.4 Å². The highest BCUT2D eigenvalue weighted by atomic mass is 32.2. The normalized spacial score (nSPS) is 15.8. The van der Waals surface area contributed by atoms with Crippen LogP contribution < -0.4 is 10.1 Å². The summed E-state index contributed by atoms with van der Waals surface area (Å²) in [5.41, 5.74) is 1.25. The molecule has 4 rings (SSSR count). The quantitative estimate of drug-likeness (QED) is 0.628. The fourth-order valence-electron chi connectivity index (χ4n) is 3.34. The maximum atomic E-state index is 13.1. The van der Waals surface area contributed by atoms with E-state index in [-0.39, 0.29) is 34.6 Å². The fourth-order valence-corrected chi connectivity index (χ4v) is 6.27. The van der Waals surface area contributed by atoms with E-state index in [4.69, 9.17) is 11.2 Å². The van der Waals surface area contributed by atoms with Crippen molar-refractivity contribution in [3.63, 3.8) is 0 Å². The van der Waals surface area contributed by atoms with Crippen molar-refractivity contribution in [3.05, 3.63) is 70.4 Å². The van der Waals surface area contributed by atoms with Crippen LogP contribution in [-0.4, -0.2) is 20.9 Å². The van der Waals surface area contributed by atoms with Gasteiger partial charge >= 0.3 is 0 Å². The van der Waals surface area contributed by atoms with Crippen molar-refractivity contribution in [2.24, 2.45) is 0 Å². The summed E-state index contributed by atoms with van der Waals surface area (Å²) in [7, 11) is -3.74. The zero-order valence-electron chi connectivity index (χ0n) is 15.3. The molecule has 1 aliphatic rings. The minimum absolute atomic E-state index is 0.126. The summed E-state index contributed by atoms with van der Waals surface area (Å²) >= 11 is 1.34. The van der Waals surface area contributed by atoms with Crippen molar-refractivity contribution < 1.29 is 17.9 Å². The summed E-state index contributed by atoms with van der Waals surface area (Å²) in [6.07, 6.45) is 5.48. The minimum atomic E-state index is -3.74. The maximum Gasteiger partial charge on any atom is 0.225 e. The number of carbonyl (C=O) groups excluding carboxylic acids is 1. The number of hydrogen-bond acceptors (Lipinski definition) is 5. The van der Waals surface area contributed by atoms with E-state index in [0.29, 0.717) is 11.4 Å². The Morgan fingerprint density at radius 1 is 1.17 bits per heavy atom. The van der Waals surface area contributed by atoms with Crippen LogP contribution in [0.2, 0.25) is 0 Å². The lowest BCUT2D eigenvalue weighted by atomic mass is 9.90. The highest BCUT2D eigenvalue weighted by Gasteiger charge is 2.34. The van der Waals surface area contributed by atoms with Gasteiger partial charge in [-0.3, -0.25) is 4.79 Å². The van der Waals surface area contributed by atoms with Crippen LogP contribution in [0.5, 0.6) is 5.75 Å². The van der Waals surface area contributed by atoms with Crippen molar-refractivity contribution in [3.8, 4) is 18.1 Å². The Kier molecular flexibility index (Phi) is 5.14. The first kappa shape index (κ1) is 19.2.